The molecule has 0 aliphatic rings. The Morgan fingerprint density at radius 2 is 1.50 bits per heavy atom. The second-order valence-corrected chi connectivity index (χ2v) is 14.0. The van der Waals surface area contributed by atoms with E-state index in [9.17, 15) is 18.0 Å². The van der Waals surface area contributed by atoms with Crippen molar-refractivity contribution in [2.24, 2.45) is 0 Å². The number of anilines is 1. The predicted molar refractivity (Wildman–Crippen MR) is 179 cm³/mol. The second-order valence-electron chi connectivity index (χ2n) is 10.8. The van der Waals surface area contributed by atoms with Crippen LogP contribution in [0.1, 0.15) is 30.5 Å². The van der Waals surface area contributed by atoms with Gasteiger partial charge in [0.15, 0.2) is 0 Å². The van der Waals surface area contributed by atoms with E-state index in [1.54, 1.807) is 43.3 Å². The third-order valence-electron chi connectivity index (χ3n) is 6.98. The van der Waals surface area contributed by atoms with Gasteiger partial charge in [0.25, 0.3) is 10.0 Å². The number of aryl methyl sites for hydroxylation is 1. The molecular formula is C34H35BrClN3O4S. The van der Waals surface area contributed by atoms with Crippen molar-refractivity contribution < 1.29 is 18.0 Å². The summed E-state index contributed by atoms with van der Waals surface area (Å²) in [6.45, 7) is 5.01. The molecule has 44 heavy (non-hydrogen) atoms. The summed E-state index contributed by atoms with van der Waals surface area (Å²) in [6, 6.07) is 28.7. The molecule has 7 nitrogen and oxygen atoms in total. The molecule has 0 saturated carbocycles. The van der Waals surface area contributed by atoms with Gasteiger partial charge in [-0.15, -0.1) is 0 Å². The lowest BCUT2D eigenvalue weighted by Gasteiger charge is -2.34. The third kappa shape index (κ3) is 8.49. The number of sulfonamides is 1. The number of benzene rings is 4. The van der Waals surface area contributed by atoms with Crippen LogP contribution >= 0.6 is 27.5 Å². The first-order valence-corrected chi connectivity index (χ1v) is 16.8. The number of carbonyl (C=O) groups excluding carboxylic acids is 2. The highest BCUT2D eigenvalue weighted by Gasteiger charge is 2.35. The summed E-state index contributed by atoms with van der Waals surface area (Å²) < 4.78 is 30.1. The van der Waals surface area contributed by atoms with Crippen LogP contribution in [-0.4, -0.2) is 43.8 Å². The standard InChI is InChI=1S/C34H35BrClN3O4S/c1-24(2)37-34(41)32(21-26-11-6-4-7-12-26)38(22-27-13-10-14-28(35)20-27)33(40)23-39(31-18-17-29(36)19-25(31)3)44(42,43)30-15-8-5-9-16-30/h4-20,24,32H,21-23H2,1-3H3,(H,37,41)/t32-/m1/s1. The van der Waals surface area contributed by atoms with Gasteiger partial charge in [-0.1, -0.05) is 88.2 Å². The molecule has 4 aromatic carbocycles. The number of rotatable bonds is 12. The average molecular weight is 697 g/mol. The fraction of sp³-hybridized carbons (Fsp3) is 0.235. The molecule has 0 heterocycles. The highest BCUT2D eigenvalue weighted by atomic mass is 79.9. The zero-order valence-electron chi connectivity index (χ0n) is 24.8. The van der Waals surface area contributed by atoms with Crippen LogP contribution in [0, 0.1) is 6.92 Å². The van der Waals surface area contributed by atoms with Crippen LogP contribution in [0.4, 0.5) is 5.69 Å². The second kappa shape index (κ2) is 14.9. The fourth-order valence-electron chi connectivity index (χ4n) is 4.90. The molecule has 1 atom stereocenters. The smallest absolute Gasteiger partial charge is 0.264 e. The molecule has 0 fully saturated rings. The molecule has 0 spiro atoms. The molecule has 0 aliphatic carbocycles. The molecule has 230 valence electrons. The maximum absolute atomic E-state index is 14.5. The van der Waals surface area contributed by atoms with Gasteiger partial charge in [0.2, 0.25) is 11.8 Å². The maximum atomic E-state index is 14.5. The van der Waals surface area contributed by atoms with Crippen molar-refractivity contribution in [2.75, 3.05) is 10.8 Å². The van der Waals surface area contributed by atoms with Gasteiger partial charge in [0, 0.05) is 28.5 Å². The van der Waals surface area contributed by atoms with E-state index < -0.39 is 28.5 Å². The number of halogens is 2. The molecule has 0 aromatic heterocycles. The minimum absolute atomic E-state index is 0.0408. The van der Waals surface area contributed by atoms with Crippen LogP contribution in [-0.2, 0) is 32.6 Å². The lowest BCUT2D eigenvalue weighted by molar-refractivity contribution is -0.140. The van der Waals surface area contributed by atoms with Crippen molar-refractivity contribution >= 4 is 55.1 Å². The lowest BCUT2D eigenvalue weighted by atomic mass is 10.0. The van der Waals surface area contributed by atoms with Crippen molar-refractivity contribution in [3.63, 3.8) is 0 Å². The Bertz CT molecular complexity index is 1700. The van der Waals surface area contributed by atoms with Crippen molar-refractivity contribution in [3.05, 3.63) is 129 Å². The average Bonchev–Trinajstić information content (AvgIpc) is 2.98. The van der Waals surface area contributed by atoms with Gasteiger partial charge in [0.1, 0.15) is 12.6 Å². The minimum atomic E-state index is -4.19. The Morgan fingerprint density at radius 3 is 2.11 bits per heavy atom. The predicted octanol–water partition coefficient (Wildman–Crippen LogP) is 6.77. The van der Waals surface area contributed by atoms with Crippen molar-refractivity contribution in [1.29, 1.82) is 0 Å². The van der Waals surface area contributed by atoms with E-state index in [-0.39, 0.29) is 29.8 Å². The molecular weight excluding hydrogens is 662 g/mol. The highest BCUT2D eigenvalue weighted by molar-refractivity contribution is 9.10. The Hall–Kier alpha value is -3.66. The van der Waals surface area contributed by atoms with Crippen molar-refractivity contribution in [2.45, 2.75) is 50.7 Å². The largest absolute Gasteiger partial charge is 0.352 e. The maximum Gasteiger partial charge on any atom is 0.264 e. The quantitative estimate of drug-likeness (QED) is 0.177. The van der Waals surface area contributed by atoms with Crippen LogP contribution in [0.5, 0.6) is 0 Å². The van der Waals surface area contributed by atoms with E-state index >= 15 is 0 Å². The fourth-order valence-corrected chi connectivity index (χ4v) is 7.07. The van der Waals surface area contributed by atoms with Crippen LogP contribution in [0.15, 0.2) is 112 Å². The number of hydrogen-bond acceptors (Lipinski definition) is 4. The summed E-state index contributed by atoms with van der Waals surface area (Å²) in [5.74, 6) is -0.856. The van der Waals surface area contributed by atoms with E-state index in [1.165, 1.54) is 17.0 Å². The summed E-state index contributed by atoms with van der Waals surface area (Å²) in [6.07, 6.45) is 0.241. The Kier molecular flexibility index (Phi) is 11.2. The number of nitrogens with one attached hydrogen (secondary N) is 1. The van der Waals surface area contributed by atoms with E-state index in [2.05, 4.69) is 21.2 Å². The first-order chi connectivity index (χ1) is 21.0. The summed E-state index contributed by atoms with van der Waals surface area (Å²) in [5.41, 5.74) is 2.55. The van der Waals surface area contributed by atoms with Gasteiger partial charge >= 0.3 is 0 Å². The van der Waals surface area contributed by atoms with Gasteiger partial charge in [0.05, 0.1) is 10.6 Å². The third-order valence-corrected chi connectivity index (χ3v) is 9.48. The topological polar surface area (TPSA) is 86.8 Å². The number of carbonyl (C=O) groups is 2. The molecule has 10 heteroatoms. The van der Waals surface area contributed by atoms with Crippen LogP contribution in [0.25, 0.3) is 0 Å². The zero-order valence-corrected chi connectivity index (χ0v) is 27.9. The number of amides is 2. The monoisotopic (exact) mass is 695 g/mol. The summed E-state index contributed by atoms with van der Waals surface area (Å²) in [5, 5.41) is 3.41. The van der Waals surface area contributed by atoms with Crippen LogP contribution < -0.4 is 9.62 Å². The molecule has 1 N–H and O–H groups in total. The molecule has 0 unspecified atom stereocenters. The van der Waals surface area contributed by atoms with Gasteiger partial charge in [-0.25, -0.2) is 8.42 Å². The molecule has 0 radical (unpaired) electrons. The SMILES string of the molecule is Cc1cc(Cl)ccc1N(CC(=O)N(Cc1cccc(Br)c1)[C@H](Cc1ccccc1)C(=O)NC(C)C)S(=O)(=O)c1ccccc1. The van der Waals surface area contributed by atoms with Crippen LogP contribution in [0.2, 0.25) is 5.02 Å². The van der Waals surface area contributed by atoms with E-state index in [4.69, 9.17) is 11.6 Å². The van der Waals surface area contributed by atoms with Crippen LogP contribution in [0.3, 0.4) is 0 Å². The lowest BCUT2D eigenvalue weighted by Crippen LogP contribution is -2.54. The van der Waals surface area contributed by atoms with Crippen molar-refractivity contribution in [1.82, 2.24) is 10.2 Å². The number of nitrogens with zero attached hydrogens (tertiary/aromatic N) is 2. The minimum Gasteiger partial charge on any atom is -0.352 e. The molecule has 4 aromatic rings. The summed E-state index contributed by atoms with van der Waals surface area (Å²) in [7, 11) is -4.19. The summed E-state index contributed by atoms with van der Waals surface area (Å²) >= 11 is 9.71. The van der Waals surface area contributed by atoms with Gasteiger partial charge in [-0.2, -0.15) is 0 Å². The normalized spacial score (nSPS) is 12.0. The summed E-state index contributed by atoms with van der Waals surface area (Å²) in [4.78, 5) is 29.8. The first kappa shape index (κ1) is 33.2. The van der Waals surface area contributed by atoms with E-state index in [0.29, 0.717) is 16.3 Å². The molecule has 2 amide bonds. The Morgan fingerprint density at radius 1 is 0.864 bits per heavy atom. The number of hydrogen-bond donors (Lipinski definition) is 1. The molecule has 0 saturated heterocycles. The Balaban J connectivity index is 1.82. The van der Waals surface area contributed by atoms with Gasteiger partial charge < -0.3 is 10.2 Å². The van der Waals surface area contributed by atoms with Gasteiger partial charge in [-0.05, 0) is 79.9 Å². The van der Waals surface area contributed by atoms with E-state index in [1.807, 2.05) is 68.4 Å². The molecule has 0 bridgehead atoms. The zero-order chi connectivity index (χ0) is 31.9. The first-order valence-electron chi connectivity index (χ1n) is 14.2. The Labute approximate surface area is 273 Å². The van der Waals surface area contributed by atoms with Crippen molar-refractivity contribution in [3.8, 4) is 0 Å². The molecule has 0 aliphatic heterocycles. The van der Waals surface area contributed by atoms with E-state index in [0.717, 1.165) is 19.9 Å². The molecule has 4 rings (SSSR count). The highest BCUT2D eigenvalue weighted by Crippen LogP contribution is 2.29. The van der Waals surface area contributed by atoms with Gasteiger partial charge in [-0.3, -0.25) is 13.9 Å².